The first-order chi connectivity index (χ1) is 15.8. The van der Waals surface area contributed by atoms with Gasteiger partial charge in [-0.05, 0) is 64.0 Å². The lowest BCUT2D eigenvalue weighted by molar-refractivity contribution is 0.102. The Morgan fingerprint density at radius 2 is 1.79 bits per heavy atom. The maximum atomic E-state index is 13.3. The van der Waals surface area contributed by atoms with Gasteiger partial charge in [-0.3, -0.25) is 23.1 Å². The number of nitrogens with zero attached hydrogens (tertiary/aromatic N) is 4. The van der Waals surface area contributed by atoms with Gasteiger partial charge in [-0.25, -0.2) is 14.2 Å². The van der Waals surface area contributed by atoms with Crippen LogP contribution in [0, 0.1) is 5.82 Å². The second-order valence-corrected chi connectivity index (χ2v) is 8.35. The third kappa shape index (κ3) is 3.50. The molecule has 0 atom stereocenters. The Morgan fingerprint density at radius 1 is 1.03 bits per heavy atom. The number of hydrogen-bond donors (Lipinski definition) is 0. The molecule has 7 nitrogen and oxygen atoms in total. The number of ketones is 1. The molecule has 0 bridgehead atoms. The van der Waals surface area contributed by atoms with E-state index in [2.05, 4.69) is 20.9 Å². The fourth-order valence-corrected chi connectivity index (χ4v) is 4.35. The zero-order valence-electron chi connectivity index (χ0n) is 17.3. The third-order valence-electron chi connectivity index (χ3n) is 5.57. The molecule has 0 saturated carbocycles. The van der Waals surface area contributed by atoms with Gasteiger partial charge in [0.25, 0.3) is 5.56 Å². The molecule has 0 aliphatic rings. The van der Waals surface area contributed by atoms with Crippen molar-refractivity contribution in [2.24, 2.45) is 7.05 Å². The van der Waals surface area contributed by atoms with E-state index in [-0.39, 0.29) is 29.1 Å². The molecular weight excluding hydrogens is 491 g/mol. The molecule has 0 spiro atoms. The van der Waals surface area contributed by atoms with Crippen LogP contribution in [0.4, 0.5) is 4.39 Å². The molecule has 0 N–H and O–H groups in total. The van der Waals surface area contributed by atoms with E-state index in [0.29, 0.717) is 15.7 Å². The summed E-state index contributed by atoms with van der Waals surface area (Å²) in [7, 11) is 1.56. The summed E-state index contributed by atoms with van der Waals surface area (Å²) in [6.07, 6.45) is 1.74. The van der Waals surface area contributed by atoms with Crippen LogP contribution < -0.4 is 11.2 Å². The zero-order valence-corrected chi connectivity index (χ0v) is 18.9. The highest BCUT2D eigenvalue weighted by molar-refractivity contribution is 9.10. The number of carbonyl (C=O) groups excluding carboxylic acids is 1. The van der Waals surface area contributed by atoms with Gasteiger partial charge in [0.15, 0.2) is 5.82 Å². The zero-order chi connectivity index (χ0) is 23.3. The lowest BCUT2D eigenvalue weighted by atomic mass is 10.1. The molecule has 0 amide bonds. The van der Waals surface area contributed by atoms with Crippen LogP contribution in [0.1, 0.15) is 21.7 Å². The van der Waals surface area contributed by atoms with Gasteiger partial charge in [0.05, 0.1) is 23.0 Å². The molecule has 0 radical (unpaired) electrons. The highest BCUT2D eigenvalue weighted by atomic mass is 79.9. The van der Waals surface area contributed by atoms with E-state index < -0.39 is 17.1 Å². The largest absolute Gasteiger partial charge is 0.331 e. The molecule has 9 heteroatoms. The lowest BCUT2D eigenvalue weighted by Gasteiger charge is -2.12. The Balaban J connectivity index is 1.65. The molecule has 0 aliphatic carbocycles. The first-order valence-corrected chi connectivity index (χ1v) is 10.8. The monoisotopic (exact) mass is 506 g/mol. The molecule has 3 heterocycles. The summed E-state index contributed by atoms with van der Waals surface area (Å²) < 4.78 is 17.9. The number of halogens is 2. The minimum Gasteiger partial charge on any atom is -0.296 e. The van der Waals surface area contributed by atoms with Crippen LogP contribution in [0.2, 0.25) is 0 Å². The Labute approximate surface area is 194 Å². The lowest BCUT2D eigenvalue weighted by Crippen LogP contribution is -2.39. The summed E-state index contributed by atoms with van der Waals surface area (Å²) in [5.74, 6) is -0.561. The highest BCUT2D eigenvalue weighted by Gasteiger charge is 2.20. The van der Waals surface area contributed by atoms with Gasteiger partial charge in [0, 0.05) is 18.8 Å². The van der Waals surface area contributed by atoms with Gasteiger partial charge in [-0.1, -0.05) is 18.2 Å². The number of aromatic nitrogens is 4. The van der Waals surface area contributed by atoms with Crippen LogP contribution in [0.25, 0.3) is 16.4 Å². The number of benzene rings is 2. The minimum atomic E-state index is -0.527. The van der Waals surface area contributed by atoms with Gasteiger partial charge in [-0.2, -0.15) is 0 Å². The fourth-order valence-electron chi connectivity index (χ4n) is 3.86. The molecule has 33 heavy (non-hydrogen) atoms. The van der Waals surface area contributed by atoms with Crippen molar-refractivity contribution in [2.45, 2.75) is 6.54 Å². The molecule has 3 aromatic heterocycles. The summed E-state index contributed by atoms with van der Waals surface area (Å²) >= 11 is 3.37. The molecule has 0 fully saturated rings. The van der Waals surface area contributed by atoms with Crippen molar-refractivity contribution >= 4 is 38.1 Å². The first kappa shape index (κ1) is 21.0. The van der Waals surface area contributed by atoms with Gasteiger partial charge in [-0.15, -0.1) is 0 Å². The van der Waals surface area contributed by atoms with Crippen LogP contribution in [0.5, 0.6) is 0 Å². The van der Waals surface area contributed by atoms with Gasteiger partial charge in [0.2, 0.25) is 5.78 Å². The first-order valence-electron chi connectivity index (χ1n) is 10.0. The summed E-state index contributed by atoms with van der Waals surface area (Å²) in [5, 5.41) is 0.227. The maximum absolute atomic E-state index is 13.3. The number of imidazole rings is 1. The number of carbonyl (C=O) groups is 1. The summed E-state index contributed by atoms with van der Waals surface area (Å²) in [4.78, 5) is 43.7. The van der Waals surface area contributed by atoms with Crippen molar-refractivity contribution in [3.8, 4) is 0 Å². The van der Waals surface area contributed by atoms with E-state index in [1.807, 2.05) is 12.1 Å². The fraction of sp³-hybridized carbons (Fsp3) is 0.0833. The normalized spacial score (nSPS) is 11.4. The number of pyridine rings is 1. The molecule has 0 aliphatic heterocycles. The molecule has 2 aromatic carbocycles. The predicted molar refractivity (Wildman–Crippen MR) is 125 cm³/mol. The van der Waals surface area contributed by atoms with Crippen LogP contribution in [0.3, 0.4) is 0 Å². The average molecular weight is 507 g/mol. The Kier molecular flexibility index (Phi) is 5.05. The quantitative estimate of drug-likeness (QED) is 0.349. The van der Waals surface area contributed by atoms with Crippen molar-refractivity contribution in [3.63, 3.8) is 0 Å². The van der Waals surface area contributed by atoms with E-state index in [9.17, 15) is 18.8 Å². The van der Waals surface area contributed by atoms with E-state index in [1.54, 1.807) is 35.8 Å². The van der Waals surface area contributed by atoms with E-state index in [1.165, 1.54) is 34.9 Å². The molecular formula is C24H16BrFN4O3. The second kappa shape index (κ2) is 7.93. The summed E-state index contributed by atoms with van der Waals surface area (Å²) in [6.45, 7) is -0.0161. The SMILES string of the molecule is Cn1c(=O)n(Cc2ccc(F)cc2)c(=O)c2cc(C(=O)c3nc(Br)c4ccccn34)ccc21. The molecule has 5 rings (SSSR count). The number of fused-ring (bicyclic) bond motifs is 2. The second-order valence-electron chi connectivity index (χ2n) is 7.60. The molecule has 0 unspecified atom stereocenters. The molecule has 0 saturated heterocycles. The van der Waals surface area contributed by atoms with E-state index in [0.717, 1.165) is 10.1 Å². The van der Waals surface area contributed by atoms with Crippen molar-refractivity contribution < 1.29 is 9.18 Å². The number of aryl methyl sites for hydroxylation is 1. The van der Waals surface area contributed by atoms with Crippen LogP contribution in [0.15, 0.2) is 81.1 Å². The van der Waals surface area contributed by atoms with Crippen LogP contribution in [-0.4, -0.2) is 24.3 Å². The summed E-state index contributed by atoms with van der Waals surface area (Å²) in [6, 6.07) is 15.7. The van der Waals surface area contributed by atoms with Gasteiger partial charge < -0.3 is 0 Å². The Hall–Kier alpha value is -3.85. The van der Waals surface area contributed by atoms with Crippen molar-refractivity contribution in [1.29, 1.82) is 0 Å². The maximum Gasteiger partial charge on any atom is 0.331 e. The highest BCUT2D eigenvalue weighted by Crippen LogP contribution is 2.21. The van der Waals surface area contributed by atoms with E-state index in [4.69, 9.17) is 0 Å². The Morgan fingerprint density at radius 3 is 2.55 bits per heavy atom. The smallest absolute Gasteiger partial charge is 0.296 e. The average Bonchev–Trinajstić information content (AvgIpc) is 3.17. The minimum absolute atomic E-state index is 0.0161. The third-order valence-corrected chi connectivity index (χ3v) is 6.16. The van der Waals surface area contributed by atoms with Crippen molar-refractivity contribution in [2.75, 3.05) is 0 Å². The predicted octanol–water partition coefficient (Wildman–Crippen LogP) is 3.53. The van der Waals surface area contributed by atoms with E-state index >= 15 is 0 Å². The molecule has 5 aromatic rings. The van der Waals surface area contributed by atoms with Crippen molar-refractivity contribution in [3.05, 3.63) is 115 Å². The number of hydrogen-bond acceptors (Lipinski definition) is 4. The van der Waals surface area contributed by atoms with Crippen molar-refractivity contribution in [1.82, 2.24) is 18.5 Å². The summed E-state index contributed by atoms with van der Waals surface area (Å²) in [5.41, 5.74) is 1.00. The number of rotatable bonds is 4. The van der Waals surface area contributed by atoms with Crippen LogP contribution in [-0.2, 0) is 13.6 Å². The molecule has 164 valence electrons. The van der Waals surface area contributed by atoms with Crippen LogP contribution >= 0.6 is 15.9 Å². The standard InChI is InChI=1S/C24H16BrFN4O3/c1-28-18-10-7-15(20(31)22-27-21(25)19-4-2-3-11-29(19)22)12-17(18)23(32)30(24(28)33)13-14-5-8-16(26)9-6-14/h2-12H,13H2,1H3. The van der Waals surface area contributed by atoms with Gasteiger partial charge in [0.1, 0.15) is 10.4 Å². The Bertz CT molecular complexity index is 1680. The topological polar surface area (TPSA) is 78.4 Å². The van der Waals surface area contributed by atoms with Gasteiger partial charge >= 0.3 is 5.69 Å².